The van der Waals surface area contributed by atoms with Crippen LogP contribution in [-0.4, -0.2) is 31.7 Å². The normalized spacial score (nSPS) is 33.7. The van der Waals surface area contributed by atoms with E-state index < -0.39 is 7.12 Å². The van der Waals surface area contributed by atoms with Gasteiger partial charge in [0.15, 0.2) is 6.29 Å². The largest absolute Gasteiger partial charge is 0.496 e. The van der Waals surface area contributed by atoms with Crippen molar-refractivity contribution in [3.8, 4) is 5.75 Å². The molecule has 204 valence electrons. The number of carbonyl (C=O) groups is 1. The van der Waals surface area contributed by atoms with Gasteiger partial charge in [0.25, 0.3) is 0 Å². The van der Waals surface area contributed by atoms with Crippen molar-refractivity contribution in [3.05, 3.63) is 63.7 Å². The molecular formula is C32H36BClO5. The number of ether oxygens (including phenoxy) is 2. The molecule has 0 amide bonds. The van der Waals surface area contributed by atoms with Crippen molar-refractivity contribution in [2.24, 2.45) is 29.1 Å². The summed E-state index contributed by atoms with van der Waals surface area (Å²) in [7, 11) is 1.33. The van der Waals surface area contributed by atoms with Gasteiger partial charge in [-0.2, -0.15) is 0 Å². The van der Waals surface area contributed by atoms with E-state index in [2.05, 4.69) is 0 Å². The van der Waals surface area contributed by atoms with Gasteiger partial charge < -0.3 is 18.8 Å². The minimum atomic E-state index is -0.412. The van der Waals surface area contributed by atoms with Gasteiger partial charge in [-0.3, -0.25) is 4.79 Å². The van der Waals surface area contributed by atoms with Crippen molar-refractivity contribution < 1.29 is 23.6 Å². The molecule has 2 aromatic rings. The van der Waals surface area contributed by atoms with E-state index in [4.69, 9.17) is 30.4 Å². The summed E-state index contributed by atoms with van der Waals surface area (Å²) in [5, 5.41) is 0.442. The van der Waals surface area contributed by atoms with Crippen molar-refractivity contribution in [2.45, 2.75) is 71.2 Å². The molecule has 39 heavy (non-hydrogen) atoms. The molecule has 5 unspecified atom stereocenters. The second-order valence-electron chi connectivity index (χ2n) is 13.3. The molecule has 2 aromatic carbocycles. The first-order chi connectivity index (χ1) is 18.6. The van der Waals surface area contributed by atoms with Crippen LogP contribution < -0.4 is 10.2 Å². The van der Waals surface area contributed by atoms with Crippen LogP contribution in [0.4, 0.5) is 0 Å². The molecule has 1 heterocycles. The van der Waals surface area contributed by atoms with Crippen LogP contribution in [0.15, 0.2) is 42.0 Å². The lowest BCUT2D eigenvalue weighted by molar-refractivity contribution is -0.117. The number of methoxy groups -OCH3 is 1. The maximum atomic E-state index is 11.9. The Morgan fingerprint density at radius 1 is 1.03 bits per heavy atom. The van der Waals surface area contributed by atoms with Crippen molar-refractivity contribution >= 4 is 36.2 Å². The Balaban J connectivity index is 1.12. The molecule has 5 atom stereocenters. The zero-order valence-electron chi connectivity index (χ0n) is 23.4. The number of hydrogen-bond acceptors (Lipinski definition) is 5. The quantitative estimate of drug-likeness (QED) is 0.227. The summed E-state index contributed by atoms with van der Waals surface area (Å²) in [5.74, 6) is 4.34. The Kier molecular flexibility index (Phi) is 5.67. The van der Waals surface area contributed by atoms with Crippen molar-refractivity contribution in [1.82, 2.24) is 0 Å². The number of halogens is 1. The van der Waals surface area contributed by atoms with Gasteiger partial charge in [-0.25, -0.2) is 0 Å². The van der Waals surface area contributed by atoms with Crippen LogP contribution in [0.2, 0.25) is 5.02 Å². The maximum absolute atomic E-state index is 11.9. The van der Waals surface area contributed by atoms with E-state index in [1.54, 1.807) is 13.2 Å². The fourth-order valence-electron chi connectivity index (χ4n) is 8.43. The van der Waals surface area contributed by atoms with Crippen LogP contribution in [0.3, 0.4) is 0 Å². The highest BCUT2D eigenvalue weighted by molar-refractivity contribution is 6.62. The fourth-order valence-corrected chi connectivity index (χ4v) is 8.74. The molecule has 0 aromatic heterocycles. The molecule has 5 nitrogen and oxygen atoms in total. The zero-order valence-corrected chi connectivity index (χ0v) is 24.1. The van der Waals surface area contributed by atoms with E-state index in [1.165, 1.54) is 31.3 Å². The molecule has 1 spiro atoms. The standard InChI is InChI=1S/C32H36BClO5/c1-30(2)31(3,4)39-33(38-30)22-9-6-18(7-10-22)17-37-28-20(16-35)8-11-23(27(28)34)29(36-5)26-24-13-19-12-21-14-25(26)32(21,24)15-19/h6-11,16,19,21,24-25H,12-15,17H2,1-5H3. The fraction of sp³-hybridized carbons (Fsp3) is 0.531. The molecule has 0 radical (unpaired) electrons. The average molecular weight is 547 g/mol. The number of carbonyl (C=O) groups excluding carboxylic acids is 1. The third-order valence-electron chi connectivity index (χ3n) is 11.0. The SMILES string of the molecule is COC(=C1C2CC3CC4CC1C42C3)c1ccc(C=O)c(OCc2ccc(B3OC(C)(C)C(C)(C)O3)cc2)c1Cl. The van der Waals surface area contributed by atoms with Crippen molar-refractivity contribution in [1.29, 1.82) is 0 Å². The summed E-state index contributed by atoms with van der Waals surface area (Å²) >= 11 is 6.97. The first-order valence-corrected chi connectivity index (χ1v) is 14.6. The van der Waals surface area contributed by atoms with Crippen LogP contribution in [-0.2, 0) is 20.7 Å². The monoisotopic (exact) mass is 546 g/mol. The Labute approximate surface area is 236 Å². The van der Waals surface area contributed by atoms with E-state index in [-0.39, 0.29) is 17.8 Å². The highest BCUT2D eigenvalue weighted by Gasteiger charge is 2.76. The van der Waals surface area contributed by atoms with Gasteiger partial charge >= 0.3 is 7.12 Å². The first kappa shape index (κ1) is 25.7. The lowest BCUT2D eigenvalue weighted by Crippen LogP contribution is -2.61. The highest BCUT2D eigenvalue weighted by atomic mass is 35.5. The van der Waals surface area contributed by atoms with Crippen LogP contribution in [0.25, 0.3) is 5.76 Å². The number of allylic oxidation sites excluding steroid dienone is 1. The highest BCUT2D eigenvalue weighted by Crippen LogP contribution is 2.83. The Morgan fingerprint density at radius 2 is 1.72 bits per heavy atom. The second-order valence-corrected chi connectivity index (χ2v) is 13.6. The lowest BCUT2D eigenvalue weighted by atomic mass is 9.36. The molecular weight excluding hydrogens is 511 g/mol. The number of benzene rings is 2. The summed E-state index contributed by atoms with van der Waals surface area (Å²) in [4.78, 5) is 11.9. The number of rotatable bonds is 7. The van der Waals surface area contributed by atoms with E-state index in [1.807, 2.05) is 58.0 Å². The maximum Gasteiger partial charge on any atom is 0.494 e. The topological polar surface area (TPSA) is 54.0 Å². The smallest absolute Gasteiger partial charge is 0.494 e. The van der Waals surface area contributed by atoms with E-state index in [0.29, 0.717) is 33.6 Å². The molecule has 7 rings (SSSR count). The molecule has 2 bridgehead atoms. The molecule has 1 aliphatic heterocycles. The summed E-state index contributed by atoms with van der Waals surface area (Å²) in [6, 6.07) is 11.7. The summed E-state index contributed by atoms with van der Waals surface area (Å²) in [5.41, 5.74) is 4.40. The van der Waals surface area contributed by atoms with E-state index in [9.17, 15) is 4.79 Å². The molecule has 0 N–H and O–H groups in total. The van der Waals surface area contributed by atoms with Crippen LogP contribution >= 0.6 is 11.6 Å². The molecule has 4 saturated carbocycles. The number of fused-ring (bicyclic) bond motifs is 1. The summed E-state index contributed by atoms with van der Waals surface area (Å²) in [6.07, 6.45) is 6.19. The lowest BCUT2D eigenvalue weighted by Gasteiger charge is -2.68. The van der Waals surface area contributed by atoms with Crippen LogP contribution in [0, 0.1) is 29.1 Å². The number of aldehydes is 1. The van der Waals surface area contributed by atoms with Crippen LogP contribution in [0.1, 0.15) is 74.9 Å². The minimum absolute atomic E-state index is 0.282. The molecule has 5 aliphatic rings. The third-order valence-corrected chi connectivity index (χ3v) is 11.4. The van der Waals surface area contributed by atoms with E-state index >= 15 is 0 Å². The molecule has 7 heteroatoms. The van der Waals surface area contributed by atoms with Crippen molar-refractivity contribution in [2.75, 3.05) is 7.11 Å². The van der Waals surface area contributed by atoms with Crippen molar-refractivity contribution in [3.63, 3.8) is 0 Å². The Hall–Kier alpha value is -2.28. The summed E-state index contributed by atoms with van der Waals surface area (Å²) in [6.45, 7) is 8.47. The summed E-state index contributed by atoms with van der Waals surface area (Å²) < 4.78 is 24.6. The predicted molar refractivity (Wildman–Crippen MR) is 152 cm³/mol. The average Bonchev–Trinajstić information content (AvgIpc) is 3.49. The second kappa shape index (κ2) is 8.61. The zero-order chi connectivity index (χ0) is 27.3. The van der Waals surface area contributed by atoms with Crippen LogP contribution in [0.5, 0.6) is 5.75 Å². The van der Waals surface area contributed by atoms with Gasteiger partial charge in [-0.05, 0) is 111 Å². The minimum Gasteiger partial charge on any atom is -0.496 e. The van der Waals surface area contributed by atoms with Gasteiger partial charge in [-0.1, -0.05) is 35.9 Å². The first-order valence-electron chi connectivity index (χ1n) is 14.2. The number of hydrogen-bond donors (Lipinski definition) is 0. The van der Waals surface area contributed by atoms with Gasteiger partial charge in [0, 0.05) is 5.56 Å². The molecule has 5 fully saturated rings. The molecule has 1 saturated heterocycles. The predicted octanol–water partition coefficient (Wildman–Crippen LogP) is 6.45. The van der Waals surface area contributed by atoms with Gasteiger partial charge in [-0.15, -0.1) is 0 Å². The van der Waals surface area contributed by atoms with Gasteiger partial charge in [0.2, 0.25) is 0 Å². The van der Waals surface area contributed by atoms with Gasteiger partial charge in [0.05, 0.1) is 28.9 Å². The molecule has 4 aliphatic carbocycles. The Morgan fingerprint density at radius 3 is 2.36 bits per heavy atom. The third kappa shape index (κ3) is 3.50. The van der Waals surface area contributed by atoms with Gasteiger partial charge in [0.1, 0.15) is 18.1 Å². The van der Waals surface area contributed by atoms with E-state index in [0.717, 1.165) is 40.5 Å². The Bertz CT molecular complexity index is 1370.